The van der Waals surface area contributed by atoms with Gasteiger partial charge >= 0.3 is 0 Å². The van der Waals surface area contributed by atoms with Gasteiger partial charge in [-0.25, -0.2) is 15.0 Å². The van der Waals surface area contributed by atoms with E-state index in [1.807, 2.05) is 25.5 Å². The zero-order chi connectivity index (χ0) is 13.8. The number of rotatable bonds is 4. The van der Waals surface area contributed by atoms with Crippen LogP contribution in [0, 0.1) is 6.92 Å². The molecule has 2 aromatic heterocycles. The average molecular weight is 294 g/mol. The van der Waals surface area contributed by atoms with E-state index in [2.05, 4.69) is 20.3 Å². The first-order chi connectivity index (χ1) is 9.10. The quantitative estimate of drug-likeness (QED) is 0.693. The van der Waals surface area contributed by atoms with Gasteiger partial charge in [0.05, 0.1) is 11.6 Å². The number of carbonyl (C=O) groups is 1. The van der Waals surface area contributed by atoms with Crippen LogP contribution in [-0.2, 0) is 0 Å². The molecule has 2 aromatic rings. The highest BCUT2D eigenvalue weighted by Crippen LogP contribution is 2.17. The number of aromatic nitrogens is 3. The molecule has 1 N–H and O–H groups in total. The number of thioether (sulfide) groups is 1. The van der Waals surface area contributed by atoms with Gasteiger partial charge < -0.3 is 5.32 Å². The topological polar surface area (TPSA) is 67.8 Å². The van der Waals surface area contributed by atoms with Crippen molar-refractivity contribution in [3.05, 3.63) is 34.0 Å². The van der Waals surface area contributed by atoms with Crippen molar-refractivity contribution in [1.29, 1.82) is 0 Å². The van der Waals surface area contributed by atoms with E-state index in [0.717, 1.165) is 10.7 Å². The highest BCUT2D eigenvalue weighted by Gasteiger charge is 2.14. The van der Waals surface area contributed by atoms with E-state index >= 15 is 0 Å². The van der Waals surface area contributed by atoms with E-state index < -0.39 is 0 Å². The van der Waals surface area contributed by atoms with E-state index in [9.17, 15) is 4.79 Å². The van der Waals surface area contributed by atoms with Crippen molar-refractivity contribution in [2.45, 2.75) is 25.0 Å². The lowest BCUT2D eigenvalue weighted by Crippen LogP contribution is -2.26. The molecule has 19 heavy (non-hydrogen) atoms. The zero-order valence-electron chi connectivity index (χ0n) is 10.9. The van der Waals surface area contributed by atoms with Crippen LogP contribution in [0.15, 0.2) is 22.9 Å². The molecule has 0 radical (unpaired) electrons. The van der Waals surface area contributed by atoms with Crippen molar-refractivity contribution in [2.24, 2.45) is 0 Å². The molecule has 1 unspecified atom stereocenters. The van der Waals surface area contributed by atoms with Gasteiger partial charge in [0, 0.05) is 23.5 Å². The summed E-state index contributed by atoms with van der Waals surface area (Å²) in [5.74, 6) is -0.187. The third-order valence-electron chi connectivity index (χ3n) is 2.43. The van der Waals surface area contributed by atoms with Crippen LogP contribution in [0.25, 0.3) is 0 Å². The summed E-state index contributed by atoms with van der Waals surface area (Å²) in [6, 6.07) is -0.119. The fourth-order valence-electron chi connectivity index (χ4n) is 1.45. The van der Waals surface area contributed by atoms with Crippen molar-refractivity contribution in [3.63, 3.8) is 0 Å². The van der Waals surface area contributed by atoms with Crippen LogP contribution >= 0.6 is 23.1 Å². The largest absolute Gasteiger partial charge is 0.343 e. The Labute approximate surface area is 119 Å². The maximum absolute atomic E-state index is 12.0. The number of amides is 1. The first-order valence-corrected chi connectivity index (χ1v) is 7.79. The molecule has 0 aromatic carbocycles. The Balaban J connectivity index is 2.03. The summed E-state index contributed by atoms with van der Waals surface area (Å²) < 4.78 is 0. The first kappa shape index (κ1) is 14.0. The molecule has 2 heterocycles. The fraction of sp³-hybridized carbons (Fsp3) is 0.333. The van der Waals surface area contributed by atoms with Crippen molar-refractivity contribution in [1.82, 2.24) is 20.3 Å². The number of aryl methyl sites for hydroxylation is 1. The second-order valence-electron chi connectivity index (χ2n) is 3.98. The average Bonchev–Trinajstić information content (AvgIpc) is 2.85. The highest BCUT2D eigenvalue weighted by atomic mass is 32.2. The lowest BCUT2D eigenvalue weighted by molar-refractivity contribution is 0.0939. The van der Waals surface area contributed by atoms with Crippen LogP contribution in [-0.4, -0.2) is 27.1 Å². The smallest absolute Gasteiger partial charge is 0.254 e. The SMILES string of the molecule is CSc1ncc(C(=O)NC(C)c2nc(C)cs2)cn1. The molecule has 1 amide bonds. The zero-order valence-corrected chi connectivity index (χ0v) is 12.5. The Kier molecular flexibility index (Phi) is 4.49. The van der Waals surface area contributed by atoms with Crippen molar-refractivity contribution < 1.29 is 4.79 Å². The van der Waals surface area contributed by atoms with Gasteiger partial charge in [0.25, 0.3) is 5.91 Å². The summed E-state index contributed by atoms with van der Waals surface area (Å²) in [6.07, 6.45) is 4.96. The minimum absolute atomic E-state index is 0.119. The molecule has 0 saturated carbocycles. The van der Waals surface area contributed by atoms with Crippen LogP contribution < -0.4 is 5.32 Å². The highest BCUT2D eigenvalue weighted by molar-refractivity contribution is 7.98. The normalized spacial score (nSPS) is 12.2. The van der Waals surface area contributed by atoms with E-state index in [0.29, 0.717) is 10.7 Å². The molecule has 0 fully saturated rings. The van der Waals surface area contributed by atoms with E-state index in [1.54, 1.807) is 11.3 Å². The number of hydrogen-bond acceptors (Lipinski definition) is 6. The number of nitrogens with one attached hydrogen (secondary N) is 1. The minimum atomic E-state index is -0.187. The van der Waals surface area contributed by atoms with Gasteiger partial charge in [-0.15, -0.1) is 11.3 Å². The fourth-order valence-corrected chi connectivity index (χ4v) is 2.57. The number of thiazole rings is 1. The van der Waals surface area contributed by atoms with Crippen LogP contribution in [0.4, 0.5) is 0 Å². The second kappa shape index (κ2) is 6.12. The van der Waals surface area contributed by atoms with E-state index in [4.69, 9.17) is 0 Å². The molecule has 2 rings (SSSR count). The van der Waals surface area contributed by atoms with Crippen molar-refractivity contribution in [2.75, 3.05) is 6.26 Å². The maximum atomic E-state index is 12.0. The Morgan fingerprint density at radius 1 is 1.42 bits per heavy atom. The van der Waals surface area contributed by atoms with Gasteiger partial charge in [0.15, 0.2) is 5.16 Å². The molecule has 0 saturated heterocycles. The molecule has 7 heteroatoms. The summed E-state index contributed by atoms with van der Waals surface area (Å²) in [4.78, 5) is 24.5. The van der Waals surface area contributed by atoms with Gasteiger partial charge in [-0.3, -0.25) is 4.79 Å². The monoisotopic (exact) mass is 294 g/mol. The molecular weight excluding hydrogens is 280 g/mol. The maximum Gasteiger partial charge on any atom is 0.254 e. The Morgan fingerprint density at radius 3 is 2.63 bits per heavy atom. The first-order valence-electron chi connectivity index (χ1n) is 5.69. The lowest BCUT2D eigenvalue weighted by atomic mass is 10.3. The predicted octanol–water partition coefficient (Wildman–Crippen LogP) is 2.45. The number of carbonyl (C=O) groups excluding carboxylic acids is 1. The molecule has 100 valence electrons. The standard InChI is InChI=1S/C12H14N4OS2/c1-7-6-19-11(15-7)8(2)16-10(17)9-4-13-12(18-3)14-5-9/h4-6,8H,1-3H3,(H,16,17). The van der Waals surface area contributed by atoms with Gasteiger partial charge in [-0.1, -0.05) is 11.8 Å². The van der Waals surface area contributed by atoms with E-state index in [-0.39, 0.29) is 11.9 Å². The summed E-state index contributed by atoms with van der Waals surface area (Å²) in [5.41, 5.74) is 1.42. The van der Waals surface area contributed by atoms with Gasteiger partial charge in [0.1, 0.15) is 5.01 Å². The van der Waals surface area contributed by atoms with Crippen molar-refractivity contribution in [3.8, 4) is 0 Å². The molecule has 0 bridgehead atoms. The summed E-state index contributed by atoms with van der Waals surface area (Å²) >= 11 is 2.98. The van der Waals surface area contributed by atoms with Crippen molar-refractivity contribution >= 4 is 29.0 Å². The Bertz CT molecular complexity index is 567. The van der Waals surface area contributed by atoms with Gasteiger partial charge in [0.2, 0.25) is 0 Å². The van der Waals surface area contributed by atoms with Crippen LogP contribution in [0.1, 0.15) is 34.0 Å². The third kappa shape index (κ3) is 3.51. The summed E-state index contributed by atoms with van der Waals surface area (Å²) in [5, 5.41) is 6.40. The van der Waals surface area contributed by atoms with Crippen LogP contribution in [0.5, 0.6) is 0 Å². The van der Waals surface area contributed by atoms with Crippen LogP contribution in [0.2, 0.25) is 0 Å². The molecule has 0 aliphatic heterocycles. The molecule has 5 nitrogen and oxygen atoms in total. The third-order valence-corrected chi connectivity index (χ3v) is 4.15. The summed E-state index contributed by atoms with van der Waals surface area (Å²) in [6.45, 7) is 3.84. The van der Waals surface area contributed by atoms with Gasteiger partial charge in [-0.2, -0.15) is 0 Å². The van der Waals surface area contributed by atoms with E-state index in [1.165, 1.54) is 24.2 Å². The van der Waals surface area contributed by atoms with Crippen LogP contribution in [0.3, 0.4) is 0 Å². The lowest BCUT2D eigenvalue weighted by Gasteiger charge is -2.10. The molecule has 0 aliphatic rings. The summed E-state index contributed by atoms with van der Waals surface area (Å²) in [7, 11) is 0. The molecule has 0 aliphatic carbocycles. The molecule has 0 spiro atoms. The Hall–Kier alpha value is -1.47. The van der Waals surface area contributed by atoms with Gasteiger partial charge in [-0.05, 0) is 20.1 Å². The Morgan fingerprint density at radius 2 is 2.11 bits per heavy atom. The molecule has 1 atom stereocenters. The number of nitrogens with zero attached hydrogens (tertiary/aromatic N) is 3. The molecular formula is C12H14N4OS2. The minimum Gasteiger partial charge on any atom is -0.343 e. The predicted molar refractivity (Wildman–Crippen MR) is 76.5 cm³/mol. The number of hydrogen-bond donors (Lipinski definition) is 1. The second-order valence-corrected chi connectivity index (χ2v) is 5.64.